The van der Waals surface area contributed by atoms with Gasteiger partial charge in [0.05, 0.1) is 23.4 Å². The van der Waals surface area contributed by atoms with Gasteiger partial charge in [-0.2, -0.15) is 5.10 Å². The van der Waals surface area contributed by atoms with Crippen LogP contribution >= 0.6 is 23.2 Å². The molecule has 0 saturated heterocycles. The van der Waals surface area contributed by atoms with Crippen molar-refractivity contribution in [2.24, 2.45) is 5.10 Å². The summed E-state index contributed by atoms with van der Waals surface area (Å²) in [7, 11) is 1.48. The van der Waals surface area contributed by atoms with Crippen molar-refractivity contribution >= 4 is 35.3 Å². The van der Waals surface area contributed by atoms with E-state index < -0.39 is 5.91 Å². The molecule has 0 heterocycles. The quantitative estimate of drug-likeness (QED) is 0.208. The van der Waals surface area contributed by atoms with Crippen LogP contribution in [0.15, 0.2) is 72.4 Å². The molecule has 1 amide bonds. The maximum Gasteiger partial charge on any atom is 0.271 e. The SMILES string of the molecule is C=CCOc1ccc(C(=O)N/N=C/c2cc(Cl)c(OCc3ccc(F)cc3)c(Cl)c2)cc1OC. The van der Waals surface area contributed by atoms with Crippen LogP contribution in [0.5, 0.6) is 17.2 Å². The highest BCUT2D eigenvalue weighted by molar-refractivity contribution is 6.37. The second kappa shape index (κ2) is 12.1. The fraction of sp³-hybridized carbons (Fsp3) is 0.120. The van der Waals surface area contributed by atoms with Gasteiger partial charge in [-0.3, -0.25) is 4.79 Å². The highest BCUT2D eigenvalue weighted by atomic mass is 35.5. The number of amides is 1. The molecule has 3 aromatic rings. The van der Waals surface area contributed by atoms with E-state index in [1.54, 1.807) is 48.5 Å². The number of hydrogen-bond donors (Lipinski definition) is 1. The Morgan fingerprint density at radius 3 is 2.41 bits per heavy atom. The molecule has 0 fully saturated rings. The van der Waals surface area contributed by atoms with Gasteiger partial charge in [-0.05, 0) is 53.6 Å². The number of ether oxygens (including phenoxy) is 3. The Morgan fingerprint density at radius 1 is 1.06 bits per heavy atom. The monoisotopic (exact) mass is 502 g/mol. The minimum Gasteiger partial charge on any atom is -0.493 e. The first-order valence-corrected chi connectivity index (χ1v) is 10.8. The fourth-order valence-corrected chi connectivity index (χ4v) is 3.45. The summed E-state index contributed by atoms with van der Waals surface area (Å²) >= 11 is 12.6. The topological polar surface area (TPSA) is 69.2 Å². The second-order valence-corrected chi connectivity index (χ2v) is 7.71. The van der Waals surface area contributed by atoms with Crippen molar-refractivity contribution in [3.63, 3.8) is 0 Å². The number of nitrogens with zero attached hydrogens (tertiary/aromatic N) is 1. The second-order valence-electron chi connectivity index (χ2n) is 6.89. The van der Waals surface area contributed by atoms with E-state index in [0.717, 1.165) is 5.56 Å². The van der Waals surface area contributed by atoms with Crippen LogP contribution in [0.3, 0.4) is 0 Å². The summed E-state index contributed by atoms with van der Waals surface area (Å²) in [6.45, 7) is 4.08. The van der Waals surface area contributed by atoms with Gasteiger partial charge in [0.15, 0.2) is 17.2 Å². The molecule has 0 bridgehead atoms. The molecule has 34 heavy (non-hydrogen) atoms. The third-order valence-electron chi connectivity index (χ3n) is 4.48. The van der Waals surface area contributed by atoms with Crippen molar-refractivity contribution in [3.05, 3.63) is 99.8 Å². The van der Waals surface area contributed by atoms with Crippen molar-refractivity contribution in [1.29, 1.82) is 0 Å². The number of carbonyl (C=O) groups excluding carboxylic acids is 1. The van der Waals surface area contributed by atoms with Crippen molar-refractivity contribution in [2.45, 2.75) is 6.61 Å². The van der Waals surface area contributed by atoms with Gasteiger partial charge in [0.1, 0.15) is 19.0 Å². The number of hydrazone groups is 1. The molecule has 0 aliphatic rings. The van der Waals surface area contributed by atoms with Gasteiger partial charge in [-0.1, -0.05) is 48.0 Å². The molecule has 0 aromatic heterocycles. The molecule has 0 radical (unpaired) electrons. The third kappa shape index (κ3) is 6.73. The average molecular weight is 503 g/mol. The third-order valence-corrected chi connectivity index (χ3v) is 5.04. The molecule has 6 nitrogen and oxygen atoms in total. The van der Waals surface area contributed by atoms with E-state index in [2.05, 4.69) is 17.1 Å². The van der Waals surface area contributed by atoms with E-state index in [9.17, 15) is 9.18 Å². The van der Waals surface area contributed by atoms with Gasteiger partial charge < -0.3 is 14.2 Å². The predicted molar refractivity (Wildman–Crippen MR) is 131 cm³/mol. The fourth-order valence-electron chi connectivity index (χ4n) is 2.83. The Bertz CT molecular complexity index is 1180. The molecule has 9 heteroatoms. The lowest BCUT2D eigenvalue weighted by Crippen LogP contribution is -2.17. The van der Waals surface area contributed by atoms with Gasteiger partial charge in [0.25, 0.3) is 5.91 Å². The van der Waals surface area contributed by atoms with E-state index >= 15 is 0 Å². The summed E-state index contributed by atoms with van der Waals surface area (Å²) < 4.78 is 29.4. The van der Waals surface area contributed by atoms with Crippen LogP contribution in [0.4, 0.5) is 4.39 Å². The van der Waals surface area contributed by atoms with E-state index in [0.29, 0.717) is 35.0 Å². The summed E-state index contributed by atoms with van der Waals surface area (Å²) in [5.41, 5.74) is 4.08. The number of methoxy groups -OCH3 is 1. The number of halogens is 3. The number of carbonyl (C=O) groups is 1. The molecule has 0 atom stereocenters. The van der Waals surface area contributed by atoms with Crippen molar-refractivity contribution in [3.8, 4) is 17.2 Å². The number of rotatable bonds is 10. The zero-order valence-corrected chi connectivity index (χ0v) is 19.7. The standard InChI is InChI=1S/C25H21Cl2FN2O4/c1-3-10-33-22-9-6-18(13-23(22)32-2)25(31)30-29-14-17-11-20(26)24(21(27)12-17)34-15-16-4-7-19(28)8-5-16/h3-9,11-14H,1,10,15H2,2H3,(H,30,31)/b29-14+. The molecule has 3 rings (SSSR count). The van der Waals surface area contributed by atoms with Crippen LogP contribution < -0.4 is 19.6 Å². The molecule has 0 aliphatic carbocycles. The molecule has 1 N–H and O–H groups in total. The van der Waals surface area contributed by atoms with Crippen molar-refractivity contribution in [2.75, 3.05) is 13.7 Å². The lowest BCUT2D eigenvalue weighted by molar-refractivity contribution is 0.0954. The van der Waals surface area contributed by atoms with Gasteiger partial charge in [-0.25, -0.2) is 9.82 Å². The van der Waals surface area contributed by atoms with Crippen LogP contribution in [-0.2, 0) is 6.61 Å². The van der Waals surface area contributed by atoms with Gasteiger partial charge in [0, 0.05) is 5.56 Å². The van der Waals surface area contributed by atoms with Crippen LogP contribution in [0, 0.1) is 5.82 Å². The van der Waals surface area contributed by atoms with Crippen molar-refractivity contribution in [1.82, 2.24) is 5.43 Å². The Morgan fingerprint density at radius 2 is 1.76 bits per heavy atom. The predicted octanol–water partition coefficient (Wildman–Crippen LogP) is 6.05. The first kappa shape index (κ1) is 25.1. The first-order valence-electron chi connectivity index (χ1n) is 10.0. The maximum absolute atomic E-state index is 13.0. The Kier molecular flexibility index (Phi) is 8.90. The Labute approximate surface area is 206 Å². The minimum atomic E-state index is -0.443. The van der Waals surface area contributed by atoms with Crippen molar-refractivity contribution < 1.29 is 23.4 Å². The Balaban J connectivity index is 1.63. The molecule has 0 spiro atoms. The van der Waals surface area contributed by atoms with Gasteiger partial charge in [-0.15, -0.1) is 0 Å². The van der Waals surface area contributed by atoms with Gasteiger partial charge >= 0.3 is 0 Å². The maximum atomic E-state index is 13.0. The van der Waals surface area contributed by atoms with Crippen LogP contribution in [0.2, 0.25) is 10.0 Å². The molecule has 0 unspecified atom stereocenters. The number of hydrogen-bond acceptors (Lipinski definition) is 5. The zero-order chi connectivity index (χ0) is 24.5. The number of benzene rings is 3. The normalized spacial score (nSPS) is 10.7. The van der Waals surface area contributed by atoms with Gasteiger partial charge in [0.2, 0.25) is 0 Å². The molecule has 3 aromatic carbocycles. The highest BCUT2D eigenvalue weighted by Crippen LogP contribution is 2.34. The lowest BCUT2D eigenvalue weighted by Gasteiger charge is -2.11. The van der Waals surface area contributed by atoms with E-state index in [-0.39, 0.29) is 22.5 Å². The summed E-state index contributed by atoms with van der Waals surface area (Å²) in [6.07, 6.45) is 3.01. The summed E-state index contributed by atoms with van der Waals surface area (Å²) in [4.78, 5) is 12.4. The zero-order valence-electron chi connectivity index (χ0n) is 18.2. The Hall–Kier alpha value is -3.55. The van der Waals surface area contributed by atoms with E-state index in [4.69, 9.17) is 37.4 Å². The largest absolute Gasteiger partial charge is 0.493 e. The van der Waals surface area contributed by atoms with Crippen LogP contribution in [-0.4, -0.2) is 25.8 Å². The first-order chi connectivity index (χ1) is 16.4. The summed E-state index contributed by atoms with van der Waals surface area (Å²) in [5.74, 6) is 0.423. The summed E-state index contributed by atoms with van der Waals surface area (Å²) in [5, 5.41) is 4.49. The highest BCUT2D eigenvalue weighted by Gasteiger charge is 2.12. The van der Waals surface area contributed by atoms with Crippen LogP contribution in [0.1, 0.15) is 21.5 Å². The molecular formula is C25H21Cl2FN2O4. The molecule has 0 saturated carbocycles. The smallest absolute Gasteiger partial charge is 0.271 e. The average Bonchev–Trinajstić information content (AvgIpc) is 2.83. The molecular weight excluding hydrogens is 482 g/mol. The minimum absolute atomic E-state index is 0.171. The van der Waals surface area contributed by atoms with E-state index in [1.165, 1.54) is 25.5 Å². The van der Waals surface area contributed by atoms with Crippen LogP contribution in [0.25, 0.3) is 0 Å². The molecule has 0 aliphatic heterocycles. The van der Waals surface area contributed by atoms with E-state index in [1.807, 2.05) is 0 Å². The molecule has 176 valence electrons. The number of nitrogens with one attached hydrogen (secondary N) is 1. The summed E-state index contributed by atoms with van der Waals surface area (Å²) in [6, 6.07) is 13.9. The lowest BCUT2D eigenvalue weighted by atomic mass is 10.2.